The number of anilines is 2. The van der Waals surface area contributed by atoms with Crippen molar-refractivity contribution in [3.05, 3.63) is 58.1 Å². The Bertz CT molecular complexity index is 775. The van der Waals surface area contributed by atoms with E-state index in [1.807, 2.05) is 26.0 Å². The predicted octanol–water partition coefficient (Wildman–Crippen LogP) is 3.50. The molecule has 0 aliphatic carbocycles. The van der Waals surface area contributed by atoms with Crippen molar-refractivity contribution < 1.29 is 9.59 Å². The quantitative estimate of drug-likeness (QED) is 0.775. The Labute approximate surface area is 146 Å². The van der Waals surface area contributed by atoms with Crippen molar-refractivity contribution in [2.24, 2.45) is 5.73 Å². The van der Waals surface area contributed by atoms with Crippen LogP contribution >= 0.6 is 11.6 Å². The first-order valence-corrected chi connectivity index (χ1v) is 7.96. The summed E-state index contributed by atoms with van der Waals surface area (Å²) in [6.45, 7) is 4.23. The van der Waals surface area contributed by atoms with Crippen LogP contribution in [0.3, 0.4) is 0 Å². The Kier molecular flexibility index (Phi) is 5.95. The molecule has 6 heteroatoms. The third-order valence-electron chi connectivity index (χ3n) is 3.64. The van der Waals surface area contributed by atoms with Gasteiger partial charge in [-0.05, 0) is 55.3 Å². The van der Waals surface area contributed by atoms with Crippen molar-refractivity contribution in [2.75, 3.05) is 17.2 Å². The van der Waals surface area contributed by atoms with Gasteiger partial charge in [-0.1, -0.05) is 17.7 Å². The van der Waals surface area contributed by atoms with Crippen LogP contribution in [0.4, 0.5) is 11.4 Å². The van der Waals surface area contributed by atoms with Crippen LogP contribution in [0.15, 0.2) is 36.4 Å². The zero-order valence-electron chi connectivity index (χ0n) is 13.7. The molecule has 0 spiro atoms. The summed E-state index contributed by atoms with van der Waals surface area (Å²) in [4.78, 5) is 23.9. The maximum atomic E-state index is 12.3. The highest BCUT2D eigenvalue weighted by Crippen LogP contribution is 2.26. The third-order valence-corrected chi connectivity index (χ3v) is 3.95. The van der Waals surface area contributed by atoms with Crippen molar-refractivity contribution in [3.63, 3.8) is 0 Å². The summed E-state index contributed by atoms with van der Waals surface area (Å²) in [6, 6.07) is 10.4. The first-order valence-electron chi connectivity index (χ1n) is 7.59. The van der Waals surface area contributed by atoms with Gasteiger partial charge in [-0.3, -0.25) is 9.59 Å². The first kappa shape index (κ1) is 18.0. The maximum Gasteiger partial charge on any atom is 0.255 e. The van der Waals surface area contributed by atoms with Crippen LogP contribution in [0.2, 0.25) is 5.02 Å². The number of rotatable bonds is 5. The van der Waals surface area contributed by atoms with E-state index in [9.17, 15) is 9.59 Å². The molecule has 0 heterocycles. The number of nitrogens with two attached hydrogens (primary N) is 1. The van der Waals surface area contributed by atoms with Gasteiger partial charge >= 0.3 is 0 Å². The second-order valence-corrected chi connectivity index (χ2v) is 5.94. The SMILES string of the molecule is Cc1ccc(C(=O)Nc2ccc(NC(=O)CCN)cc2Cl)cc1C. The molecule has 2 amide bonds. The van der Waals surface area contributed by atoms with Crippen molar-refractivity contribution in [1.29, 1.82) is 0 Å². The van der Waals surface area contributed by atoms with Gasteiger partial charge in [0.15, 0.2) is 0 Å². The van der Waals surface area contributed by atoms with E-state index >= 15 is 0 Å². The Morgan fingerprint density at radius 3 is 2.42 bits per heavy atom. The van der Waals surface area contributed by atoms with Crippen molar-refractivity contribution in [3.8, 4) is 0 Å². The second-order valence-electron chi connectivity index (χ2n) is 5.53. The van der Waals surface area contributed by atoms with Gasteiger partial charge in [0.1, 0.15) is 0 Å². The minimum absolute atomic E-state index is 0.180. The highest BCUT2D eigenvalue weighted by atomic mass is 35.5. The summed E-state index contributed by atoms with van der Waals surface area (Å²) in [5.41, 5.74) is 9.11. The molecule has 0 aliphatic rings. The lowest BCUT2D eigenvalue weighted by molar-refractivity contribution is -0.116. The van der Waals surface area contributed by atoms with Gasteiger partial charge in [-0.2, -0.15) is 0 Å². The summed E-state index contributed by atoms with van der Waals surface area (Å²) in [5, 5.41) is 5.81. The van der Waals surface area contributed by atoms with E-state index in [-0.39, 0.29) is 24.8 Å². The molecule has 2 aromatic carbocycles. The van der Waals surface area contributed by atoms with Gasteiger partial charge < -0.3 is 16.4 Å². The molecule has 0 unspecified atom stereocenters. The maximum absolute atomic E-state index is 12.3. The molecule has 0 aliphatic heterocycles. The fraction of sp³-hybridized carbons (Fsp3) is 0.222. The van der Waals surface area contributed by atoms with Crippen LogP contribution in [-0.2, 0) is 4.79 Å². The Hall–Kier alpha value is -2.37. The fourth-order valence-corrected chi connectivity index (χ4v) is 2.35. The van der Waals surface area contributed by atoms with Crippen molar-refractivity contribution in [2.45, 2.75) is 20.3 Å². The monoisotopic (exact) mass is 345 g/mol. The van der Waals surface area contributed by atoms with Crippen LogP contribution in [-0.4, -0.2) is 18.4 Å². The molecule has 0 saturated heterocycles. The number of nitrogens with one attached hydrogen (secondary N) is 2. The van der Waals surface area contributed by atoms with Crippen molar-refractivity contribution >= 4 is 34.8 Å². The zero-order chi connectivity index (χ0) is 17.7. The molecule has 2 rings (SSSR count). The number of hydrogen-bond acceptors (Lipinski definition) is 3. The molecule has 5 nitrogen and oxygen atoms in total. The smallest absolute Gasteiger partial charge is 0.255 e. The van der Waals surface area contributed by atoms with Gasteiger partial charge in [0.25, 0.3) is 5.91 Å². The number of aryl methyl sites for hydroxylation is 2. The van der Waals surface area contributed by atoms with Crippen LogP contribution in [0.5, 0.6) is 0 Å². The standard InChI is InChI=1S/C18H20ClN3O2/c1-11-3-4-13(9-12(11)2)18(24)22-16-6-5-14(10-15(16)19)21-17(23)7-8-20/h3-6,9-10H,7-8,20H2,1-2H3,(H,21,23)(H,22,24). The van der Waals surface area contributed by atoms with Gasteiger partial charge in [-0.15, -0.1) is 0 Å². The Morgan fingerprint density at radius 2 is 1.79 bits per heavy atom. The minimum Gasteiger partial charge on any atom is -0.330 e. The van der Waals surface area contributed by atoms with Gasteiger partial charge in [-0.25, -0.2) is 0 Å². The van der Waals surface area contributed by atoms with Crippen LogP contribution < -0.4 is 16.4 Å². The largest absolute Gasteiger partial charge is 0.330 e. The van der Waals surface area contributed by atoms with Crippen molar-refractivity contribution in [1.82, 2.24) is 0 Å². The summed E-state index contributed by atoms with van der Waals surface area (Å²) in [7, 11) is 0. The number of hydrogen-bond donors (Lipinski definition) is 3. The lowest BCUT2D eigenvalue weighted by Gasteiger charge is -2.11. The molecule has 0 radical (unpaired) electrons. The molecule has 0 bridgehead atoms. The van der Waals surface area contributed by atoms with E-state index in [0.29, 0.717) is 22.0 Å². The average molecular weight is 346 g/mol. The molecule has 0 saturated carbocycles. The lowest BCUT2D eigenvalue weighted by Crippen LogP contribution is -2.16. The minimum atomic E-state index is -0.236. The number of carbonyl (C=O) groups excluding carboxylic acids is 2. The van der Waals surface area contributed by atoms with E-state index in [2.05, 4.69) is 10.6 Å². The fourth-order valence-electron chi connectivity index (χ4n) is 2.13. The van der Waals surface area contributed by atoms with Gasteiger partial charge in [0, 0.05) is 24.2 Å². The summed E-state index contributed by atoms with van der Waals surface area (Å²) in [6.07, 6.45) is 0.239. The highest BCUT2D eigenvalue weighted by Gasteiger charge is 2.10. The Balaban J connectivity index is 2.10. The molecule has 0 atom stereocenters. The van der Waals surface area contributed by atoms with Crippen LogP contribution in [0.1, 0.15) is 27.9 Å². The summed E-state index contributed by atoms with van der Waals surface area (Å²) < 4.78 is 0. The highest BCUT2D eigenvalue weighted by molar-refractivity contribution is 6.34. The molecule has 0 fully saturated rings. The summed E-state index contributed by atoms with van der Waals surface area (Å²) >= 11 is 6.19. The van der Waals surface area contributed by atoms with Gasteiger partial charge in [0.2, 0.25) is 5.91 Å². The van der Waals surface area contributed by atoms with Crippen LogP contribution in [0, 0.1) is 13.8 Å². The Morgan fingerprint density at radius 1 is 1.04 bits per heavy atom. The molecule has 126 valence electrons. The average Bonchev–Trinajstić information content (AvgIpc) is 2.52. The zero-order valence-corrected chi connectivity index (χ0v) is 14.4. The van der Waals surface area contributed by atoms with Gasteiger partial charge in [0.05, 0.1) is 10.7 Å². The topological polar surface area (TPSA) is 84.2 Å². The molecular weight excluding hydrogens is 326 g/mol. The predicted molar refractivity (Wildman–Crippen MR) is 97.6 cm³/mol. The van der Waals surface area contributed by atoms with E-state index in [1.165, 1.54) is 0 Å². The van der Waals surface area contributed by atoms with E-state index in [0.717, 1.165) is 11.1 Å². The number of halogens is 1. The van der Waals surface area contributed by atoms with Crippen LogP contribution in [0.25, 0.3) is 0 Å². The molecule has 24 heavy (non-hydrogen) atoms. The third kappa shape index (κ3) is 4.57. The number of amides is 2. The number of carbonyl (C=O) groups is 2. The molecule has 2 aromatic rings. The normalized spacial score (nSPS) is 10.3. The van der Waals surface area contributed by atoms with E-state index in [1.54, 1.807) is 24.3 Å². The second kappa shape index (κ2) is 7.95. The molecule has 4 N–H and O–H groups in total. The van der Waals surface area contributed by atoms with E-state index < -0.39 is 0 Å². The molecular formula is C18H20ClN3O2. The molecule has 0 aromatic heterocycles. The number of benzene rings is 2. The first-order chi connectivity index (χ1) is 11.4. The lowest BCUT2D eigenvalue weighted by atomic mass is 10.1. The summed E-state index contributed by atoms with van der Waals surface area (Å²) in [5.74, 6) is -0.416. The van der Waals surface area contributed by atoms with E-state index in [4.69, 9.17) is 17.3 Å².